The Kier molecular flexibility index (Phi) is 4.22. The molecule has 2 rings (SSSR count). The Balaban J connectivity index is 0.00000144. The van der Waals surface area contributed by atoms with Gasteiger partial charge in [-0.15, -0.1) is 12.4 Å². The topological polar surface area (TPSA) is 86.7 Å². The van der Waals surface area contributed by atoms with Crippen LogP contribution in [0.1, 0.15) is 17.2 Å². The summed E-state index contributed by atoms with van der Waals surface area (Å²) in [4.78, 5) is 0. The number of phenolic OH excluding ortho intramolecular Hbond substituents is 3. The van der Waals surface area contributed by atoms with E-state index < -0.39 is 6.04 Å². The standard InChI is InChI=1S/C11H11NO3S.ClH/c12-11(6-1-2-16-5-6)10-8(14)3-7(13)4-9(10)15;/h1-5,11,13-15H,12H2;1H/t11-;/m0./s1. The van der Waals surface area contributed by atoms with E-state index in [-0.39, 0.29) is 35.2 Å². The Morgan fingerprint density at radius 3 is 2.18 bits per heavy atom. The normalized spacial score (nSPS) is 11.8. The molecule has 92 valence electrons. The minimum Gasteiger partial charge on any atom is -0.508 e. The lowest BCUT2D eigenvalue weighted by Crippen LogP contribution is -2.11. The molecule has 0 saturated heterocycles. The molecular weight excluding hydrogens is 262 g/mol. The van der Waals surface area contributed by atoms with Gasteiger partial charge in [-0.05, 0) is 22.4 Å². The number of thiophene rings is 1. The highest BCUT2D eigenvalue weighted by Crippen LogP contribution is 2.38. The summed E-state index contributed by atoms with van der Waals surface area (Å²) in [5, 5.41) is 32.2. The van der Waals surface area contributed by atoms with E-state index >= 15 is 0 Å². The van der Waals surface area contributed by atoms with Crippen LogP contribution >= 0.6 is 23.7 Å². The Bertz CT molecular complexity index is 478. The largest absolute Gasteiger partial charge is 0.508 e. The Morgan fingerprint density at radius 2 is 1.71 bits per heavy atom. The van der Waals surface area contributed by atoms with Crippen molar-refractivity contribution >= 4 is 23.7 Å². The van der Waals surface area contributed by atoms with Crippen molar-refractivity contribution in [2.75, 3.05) is 0 Å². The third-order valence-corrected chi connectivity index (χ3v) is 3.04. The van der Waals surface area contributed by atoms with Crippen LogP contribution in [-0.4, -0.2) is 15.3 Å². The molecule has 1 heterocycles. The molecule has 0 unspecified atom stereocenters. The van der Waals surface area contributed by atoms with Gasteiger partial charge in [-0.3, -0.25) is 0 Å². The molecule has 1 aromatic carbocycles. The maximum Gasteiger partial charge on any atom is 0.128 e. The van der Waals surface area contributed by atoms with Gasteiger partial charge in [-0.2, -0.15) is 11.3 Å². The molecule has 1 atom stereocenters. The molecule has 0 amide bonds. The fourth-order valence-electron chi connectivity index (χ4n) is 1.55. The molecule has 0 aliphatic carbocycles. The van der Waals surface area contributed by atoms with Crippen LogP contribution < -0.4 is 5.73 Å². The summed E-state index contributed by atoms with van der Waals surface area (Å²) in [6, 6.07) is 3.52. The van der Waals surface area contributed by atoms with E-state index in [9.17, 15) is 15.3 Å². The molecule has 17 heavy (non-hydrogen) atoms. The van der Waals surface area contributed by atoms with E-state index in [2.05, 4.69) is 0 Å². The molecule has 1 aromatic heterocycles. The quantitative estimate of drug-likeness (QED) is 0.676. The van der Waals surface area contributed by atoms with Crippen LogP contribution in [0.25, 0.3) is 0 Å². The third-order valence-electron chi connectivity index (χ3n) is 2.33. The molecule has 5 N–H and O–H groups in total. The van der Waals surface area contributed by atoms with Crippen LogP contribution in [0.4, 0.5) is 0 Å². The summed E-state index contributed by atoms with van der Waals surface area (Å²) in [5.41, 5.74) is 6.94. The van der Waals surface area contributed by atoms with E-state index in [0.717, 1.165) is 17.7 Å². The number of halogens is 1. The number of nitrogens with two attached hydrogens (primary N) is 1. The van der Waals surface area contributed by atoms with Crippen LogP contribution in [0.3, 0.4) is 0 Å². The molecule has 0 radical (unpaired) electrons. The molecule has 0 fully saturated rings. The van der Waals surface area contributed by atoms with Gasteiger partial charge in [-0.25, -0.2) is 0 Å². The second kappa shape index (κ2) is 5.27. The summed E-state index contributed by atoms with van der Waals surface area (Å²) >= 11 is 1.48. The minimum atomic E-state index is -0.605. The molecule has 0 bridgehead atoms. The molecule has 0 aliphatic rings. The first kappa shape index (κ1) is 13.6. The summed E-state index contributed by atoms with van der Waals surface area (Å²) in [6.07, 6.45) is 0. The number of hydrogen-bond donors (Lipinski definition) is 4. The van der Waals surface area contributed by atoms with Crippen molar-refractivity contribution in [1.29, 1.82) is 0 Å². The first-order valence-electron chi connectivity index (χ1n) is 4.62. The van der Waals surface area contributed by atoms with E-state index in [1.807, 2.05) is 16.8 Å². The second-order valence-corrected chi connectivity index (χ2v) is 4.21. The molecule has 4 nitrogen and oxygen atoms in total. The molecule has 0 spiro atoms. The van der Waals surface area contributed by atoms with Gasteiger partial charge >= 0.3 is 0 Å². The fourth-order valence-corrected chi connectivity index (χ4v) is 2.24. The fraction of sp³-hybridized carbons (Fsp3) is 0.0909. The Morgan fingerprint density at radius 1 is 1.12 bits per heavy atom. The molecule has 0 saturated carbocycles. The van der Waals surface area contributed by atoms with Crippen molar-refractivity contribution < 1.29 is 15.3 Å². The number of benzene rings is 1. The third kappa shape index (κ3) is 2.63. The minimum absolute atomic E-state index is 0. The number of aromatic hydroxyl groups is 3. The van der Waals surface area contributed by atoms with Crippen LogP contribution in [-0.2, 0) is 0 Å². The smallest absolute Gasteiger partial charge is 0.128 e. The lowest BCUT2D eigenvalue weighted by atomic mass is 10.00. The SMILES string of the molecule is Cl.N[C@@H](c1ccsc1)c1c(O)cc(O)cc1O. The summed E-state index contributed by atoms with van der Waals surface area (Å²) < 4.78 is 0. The zero-order chi connectivity index (χ0) is 11.7. The van der Waals surface area contributed by atoms with Gasteiger partial charge in [0, 0.05) is 12.1 Å². The average Bonchev–Trinajstić information content (AvgIpc) is 2.67. The van der Waals surface area contributed by atoms with E-state index in [0.29, 0.717) is 0 Å². The second-order valence-electron chi connectivity index (χ2n) is 3.43. The molecule has 2 aromatic rings. The molecule has 0 aliphatic heterocycles. The molecular formula is C11H12ClNO3S. The highest BCUT2D eigenvalue weighted by Gasteiger charge is 2.18. The highest BCUT2D eigenvalue weighted by atomic mass is 35.5. The van der Waals surface area contributed by atoms with Gasteiger partial charge in [0.2, 0.25) is 0 Å². The van der Waals surface area contributed by atoms with Crippen molar-refractivity contribution in [3.63, 3.8) is 0 Å². The average molecular weight is 274 g/mol. The van der Waals surface area contributed by atoms with Gasteiger partial charge in [0.1, 0.15) is 17.2 Å². The first-order chi connectivity index (χ1) is 7.59. The number of hydrogen-bond acceptors (Lipinski definition) is 5. The number of phenols is 3. The predicted octanol–water partition coefficient (Wildman–Crippen LogP) is 2.33. The maximum atomic E-state index is 9.64. The van der Waals surface area contributed by atoms with E-state index in [1.54, 1.807) is 0 Å². The van der Waals surface area contributed by atoms with Crippen LogP contribution in [0.2, 0.25) is 0 Å². The Labute approximate surface area is 108 Å². The summed E-state index contributed by atoms with van der Waals surface area (Å²) in [5.74, 6) is -0.622. The molecule has 6 heteroatoms. The summed E-state index contributed by atoms with van der Waals surface area (Å²) in [6.45, 7) is 0. The van der Waals surface area contributed by atoms with Crippen molar-refractivity contribution in [2.24, 2.45) is 5.73 Å². The van der Waals surface area contributed by atoms with E-state index in [4.69, 9.17) is 5.73 Å². The lowest BCUT2D eigenvalue weighted by Gasteiger charge is -2.14. The van der Waals surface area contributed by atoms with Crippen LogP contribution in [0.5, 0.6) is 17.2 Å². The van der Waals surface area contributed by atoms with E-state index in [1.165, 1.54) is 11.3 Å². The van der Waals surface area contributed by atoms with Crippen molar-refractivity contribution in [3.05, 3.63) is 40.1 Å². The van der Waals surface area contributed by atoms with Gasteiger partial charge in [-0.1, -0.05) is 0 Å². The van der Waals surface area contributed by atoms with Gasteiger partial charge < -0.3 is 21.1 Å². The lowest BCUT2D eigenvalue weighted by molar-refractivity contribution is 0.416. The van der Waals surface area contributed by atoms with Gasteiger partial charge in [0.25, 0.3) is 0 Å². The van der Waals surface area contributed by atoms with Gasteiger partial charge in [0.15, 0.2) is 0 Å². The number of rotatable bonds is 2. The highest BCUT2D eigenvalue weighted by molar-refractivity contribution is 7.08. The van der Waals surface area contributed by atoms with Crippen LogP contribution in [0.15, 0.2) is 29.0 Å². The van der Waals surface area contributed by atoms with Crippen molar-refractivity contribution in [3.8, 4) is 17.2 Å². The van der Waals surface area contributed by atoms with Crippen molar-refractivity contribution in [2.45, 2.75) is 6.04 Å². The predicted molar refractivity (Wildman–Crippen MR) is 69.0 cm³/mol. The Hall–Kier alpha value is -1.43. The summed E-state index contributed by atoms with van der Waals surface area (Å²) in [7, 11) is 0. The van der Waals surface area contributed by atoms with Crippen LogP contribution in [0, 0.1) is 0 Å². The zero-order valence-corrected chi connectivity index (χ0v) is 10.3. The monoisotopic (exact) mass is 273 g/mol. The van der Waals surface area contributed by atoms with Crippen molar-refractivity contribution in [1.82, 2.24) is 0 Å². The zero-order valence-electron chi connectivity index (χ0n) is 8.70. The van der Waals surface area contributed by atoms with Gasteiger partial charge in [0.05, 0.1) is 11.6 Å². The maximum absolute atomic E-state index is 9.64. The first-order valence-corrected chi connectivity index (χ1v) is 5.56.